The summed E-state index contributed by atoms with van der Waals surface area (Å²) in [5, 5.41) is 3.33. The van der Waals surface area contributed by atoms with E-state index < -0.39 is 0 Å². The van der Waals surface area contributed by atoms with Crippen molar-refractivity contribution in [2.75, 3.05) is 7.05 Å². The molecule has 0 aliphatic heterocycles. The second kappa shape index (κ2) is 6.02. The van der Waals surface area contributed by atoms with Gasteiger partial charge in [0.1, 0.15) is 5.82 Å². The summed E-state index contributed by atoms with van der Waals surface area (Å²) in [6.45, 7) is 5.10. The average molecular weight is 260 g/mol. The van der Waals surface area contributed by atoms with Gasteiger partial charge in [0, 0.05) is 25.0 Å². The quantitative estimate of drug-likeness (QED) is 0.869. The van der Waals surface area contributed by atoms with E-state index in [-0.39, 0.29) is 5.82 Å². The average Bonchev–Trinajstić information content (AvgIpc) is 2.78. The Kier molecular flexibility index (Phi) is 4.38. The first-order chi connectivity index (χ1) is 9.10. The van der Waals surface area contributed by atoms with Crippen molar-refractivity contribution in [1.82, 2.24) is 9.88 Å². The van der Waals surface area contributed by atoms with E-state index in [1.54, 1.807) is 12.1 Å². The van der Waals surface area contributed by atoms with Gasteiger partial charge in [-0.1, -0.05) is 26.0 Å². The fourth-order valence-electron chi connectivity index (χ4n) is 2.47. The Bertz CT molecular complexity index is 531. The van der Waals surface area contributed by atoms with Crippen LogP contribution in [0.15, 0.2) is 42.7 Å². The molecule has 0 saturated carbocycles. The van der Waals surface area contributed by atoms with Crippen molar-refractivity contribution in [3.63, 3.8) is 0 Å². The van der Waals surface area contributed by atoms with Crippen LogP contribution in [0.5, 0.6) is 0 Å². The largest absolute Gasteiger partial charge is 0.350 e. The lowest BCUT2D eigenvalue weighted by molar-refractivity contribution is 0.443. The predicted octanol–water partition coefficient (Wildman–Crippen LogP) is 3.59. The van der Waals surface area contributed by atoms with Crippen molar-refractivity contribution in [3.8, 4) is 0 Å². The van der Waals surface area contributed by atoms with Gasteiger partial charge in [-0.15, -0.1) is 0 Å². The highest BCUT2D eigenvalue weighted by Gasteiger charge is 2.14. The monoisotopic (exact) mass is 260 g/mol. The first kappa shape index (κ1) is 13.8. The molecule has 0 spiro atoms. The Labute approximate surface area is 114 Å². The van der Waals surface area contributed by atoms with Crippen molar-refractivity contribution >= 4 is 0 Å². The molecule has 0 fully saturated rings. The Morgan fingerprint density at radius 3 is 2.68 bits per heavy atom. The van der Waals surface area contributed by atoms with Gasteiger partial charge in [-0.3, -0.25) is 0 Å². The maximum Gasteiger partial charge on any atom is 0.123 e. The number of benzene rings is 1. The van der Waals surface area contributed by atoms with Crippen LogP contribution in [0.3, 0.4) is 0 Å². The van der Waals surface area contributed by atoms with E-state index in [1.165, 1.54) is 11.6 Å². The summed E-state index contributed by atoms with van der Waals surface area (Å²) in [5.74, 6) is 0.357. The van der Waals surface area contributed by atoms with E-state index in [2.05, 4.69) is 36.0 Å². The highest BCUT2D eigenvalue weighted by Crippen LogP contribution is 2.21. The third-order valence-corrected chi connectivity index (χ3v) is 3.36. The number of aromatic nitrogens is 1. The molecule has 19 heavy (non-hydrogen) atoms. The van der Waals surface area contributed by atoms with Crippen molar-refractivity contribution in [2.24, 2.45) is 5.92 Å². The Morgan fingerprint density at radius 2 is 2.05 bits per heavy atom. The topological polar surface area (TPSA) is 17.0 Å². The number of nitrogens with zero attached hydrogens (tertiary/aromatic N) is 1. The molecule has 0 bridgehead atoms. The molecule has 2 rings (SSSR count). The first-order valence-corrected chi connectivity index (χ1v) is 6.67. The maximum atomic E-state index is 13.1. The third kappa shape index (κ3) is 3.44. The van der Waals surface area contributed by atoms with Crippen molar-refractivity contribution < 1.29 is 4.39 Å². The number of hydrogen-bond donors (Lipinski definition) is 1. The molecular formula is C16H21FN2. The van der Waals surface area contributed by atoms with Crippen molar-refractivity contribution in [1.29, 1.82) is 0 Å². The lowest BCUT2D eigenvalue weighted by Crippen LogP contribution is -2.21. The molecule has 1 atom stereocenters. The lowest BCUT2D eigenvalue weighted by Gasteiger charge is -2.18. The predicted molar refractivity (Wildman–Crippen MR) is 76.6 cm³/mol. The van der Waals surface area contributed by atoms with Crippen LogP contribution < -0.4 is 5.32 Å². The molecule has 0 amide bonds. The van der Waals surface area contributed by atoms with Crippen LogP contribution in [-0.2, 0) is 6.54 Å². The summed E-state index contributed by atoms with van der Waals surface area (Å²) < 4.78 is 15.2. The minimum Gasteiger partial charge on any atom is -0.350 e. The number of hydrogen-bond acceptors (Lipinski definition) is 1. The van der Waals surface area contributed by atoms with E-state index in [9.17, 15) is 4.39 Å². The van der Waals surface area contributed by atoms with Gasteiger partial charge in [0.15, 0.2) is 0 Å². The fraction of sp³-hybridized carbons (Fsp3) is 0.375. The van der Waals surface area contributed by atoms with Crippen LogP contribution in [0, 0.1) is 11.7 Å². The van der Waals surface area contributed by atoms with E-state index in [1.807, 2.05) is 19.3 Å². The van der Waals surface area contributed by atoms with Gasteiger partial charge >= 0.3 is 0 Å². The van der Waals surface area contributed by atoms with Crippen molar-refractivity contribution in [2.45, 2.75) is 26.4 Å². The summed E-state index contributed by atoms with van der Waals surface area (Å²) in [7, 11) is 1.98. The highest BCUT2D eigenvalue weighted by molar-refractivity contribution is 5.20. The lowest BCUT2D eigenvalue weighted by atomic mass is 9.99. The maximum absolute atomic E-state index is 13.1. The van der Waals surface area contributed by atoms with Crippen LogP contribution in [0.4, 0.5) is 4.39 Å². The van der Waals surface area contributed by atoms with E-state index in [4.69, 9.17) is 0 Å². The van der Waals surface area contributed by atoms with Crippen molar-refractivity contribution in [3.05, 3.63) is 59.7 Å². The molecule has 102 valence electrons. The second-order valence-electron chi connectivity index (χ2n) is 5.26. The van der Waals surface area contributed by atoms with Crippen LogP contribution in [0.25, 0.3) is 0 Å². The van der Waals surface area contributed by atoms with E-state index in [0.717, 1.165) is 5.56 Å². The van der Waals surface area contributed by atoms with Crippen LogP contribution in [0.1, 0.15) is 31.0 Å². The number of nitrogens with one attached hydrogen (secondary N) is 1. The molecule has 0 saturated heterocycles. The Morgan fingerprint density at radius 1 is 1.26 bits per heavy atom. The molecule has 0 aliphatic rings. The second-order valence-corrected chi connectivity index (χ2v) is 5.26. The summed E-state index contributed by atoms with van der Waals surface area (Å²) in [6, 6.07) is 9.23. The van der Waals surface area contributed by atoms with Gasteiger partial charge in [0.25, 0.3) is 0 Å². The third-order valence-electron chi connectivity index (χ3n) is 3.36. The number of rotatable bonds is 5. The fourth-order valence-corrected chi connectivity index (χ4v) is 2.47. The van der Waals surface area contributed by atoms with Gasteiger partial charge < -0.3 is 9.88 Å². The van der Waals surface area contributed by atoms with Crippen LogP contribution >= 0.6 is 0 Å². The van der Waals surface area contributed by atoms with Gasteiger partial charge in [-0.25, -0.2) is 4.39 Å². The molecule has 1 N–H and O–H groups in total. The summed E-state index contributed by atoms with van der Waals surface area (Å²) >= 11 is 0. The molecule has 3 heteroatoms. The molecule has 0 radical (unpaired) electrons. The summed E-state index contributed by atoms with van der Waals surface area (Å²) in [5.41, 5.74) is 2.25. The summed E-state index contributed by atoms with van der Waals surface area (Å²) in [4.78, 5) is 0. The van der Waals surface area contributed by atoms with Gasteiger partial charge in [-0.05, 0) is 42.3 Å². The first-order valence-electron chi connectivity index (χ1n) is 6.67. The van der Waals surface area contributed by atoms with E-state index >= 15 is 0 Å². The zero-order valence-corrected chi connectivity index (χ0v) is 11.7. The van der Waals surface area contributed by atoms with Gasteiger partial charge in [0.2, 0.25) is 0 Å². The molecule has 1 heterocycles. The molecule has 2 aromatic rings. The molecule has 1 unspecified atom stereocenters. The zero-order chi connectivity index (χ0) is 13.8. The zero-order valence-electron chi connectivity index (χ0n) is 11.7. The highest BCUT2D eigenvalue weighted by atomic mass is 19.1. The van der Waals surface area contributed by atoms with E-state index in [0.29, 0.717) is 18.5 Å². The minimum absolute atomic E-state index is 0.180. The Hall–Kier alpha value is -1.61. The standard InChI is InChI=1S/C16H21FN2/c1-12(2)16(18-3)14-7-8-19(11-14)10-13-5-4-6-15(17)9-13/h4-9,11-12,16,18H,10H2,1-3H3. The number of halogens is 1. The van der Waals surface area contributed by atoms with Gasteiger partial charge in [0.05, 0.1) is 0 Å². The SMILES string of the molecule is CNC(c1ccn(Cc2cccc(F)c2)c1)C(C)C. The molecule has 2 nitrogen and oxygen atoms in total. The van der Waals surface area contributed by atoms with Crippen LogP contribution in [0.2, 0.25) is 0 Å². The molecule has 0 aliphatic carbocycles. The molecule has 1 aromatic carbocycles. The minimum atomic E-state index is -0.180. The normalized spacial score (nSPS) is 12.9. The molecule has 1 aromatic heterocycles. The summed E-state index contributed by atoms with van der Waals surface area (Å²) in [6.07, 6.45) is 4.18. The van der Waals surface area contributed by atoms with Gasteiger partial charge in [-0.2, -0.15) is 0 Å². The smallest absolute Gasteiger partial charge is 0.123 e. The molecular weight excluding hydrogens is 239 g/mol. The van der Waals surface area contributed by atoms with Crippen LogP contribution in [-0.4, -0.2) is 11.6 Å². The Balaban J connectivity index is 2.13.